The Morgan fingerprint density at radius 1 is 1.56 bits per heavy atom. The number of hydrogen-bond acceptors (Lipinski definition) is 1. The van der Waals surface area contributed by atoms with Crippen LogP contribution in [0.4, 0.5) is 0 Å². The van der Waals surface area contributed by atoms with E-state index in [0.29, 0.717) is 4.49 Å². The highest BCUT2D eigenvalue weighted by molar-refractivity contribution is 7.98. The maximum atomic E-state index is 5.38. The van der Waals surface area contributed by atoms with Crippen molar-refractivity contribution in [1.29, 1.82) is 0 Å². The number of halogens is 2. The maximum absolute atomic E-state index is 5.38. The van der Waals surface area contributed by atoms with Crippen molar-refractivity contribution in [2.45, 2.75) is 12.8 Å². The molecule has 0 radical (unpaired) electrons. The van der Waals surface area contributed by atoms with Crippen LogP contribution in [0, 0.1) is 0 Å². The molecular formula is C6H10Cl2S. The van der Waals surface area contributed by atoms with Crippen molar-refractivity contribution < 1.29 is 0 Å². The van der Waals surface area contributed by atoms with Gasteiger partial charge in [-0.1, -0.05) is 29.3 Å². The molecule has 0 saturated heterocycles. The number of unbranched alkanes of at least 4 members (excludes halogenated alkanes) is 1. The second-order valence-electron chi connectivity index (χ2n) is 1.63. The Morgan fingerprint density at radius 3 is 2.67 bits per heavy atom. The van der Waals surface area contributed by atoms with Crippen LogP contribution in [0.15, 0.2) is 10.6 Å². The van der Waals surface area contributed by atoms with E-state index in [1.807, 2.05) is 17.8 Å². The Morgan fingerprint density at radius 2 is 2.22 bits per heavy atom. The first-order valence-corrected chi connectivity index (χ1v) is 4.92. The number of thioether (sulfide) groups is 1. The van der Waals surface area contributed by atoms with E-state index in [-0.39, 0.29) is 0 Å². The molecule has 0 rings (SSSR count). The lowest BCUT2D eigenvalue weighted by Gasteiger charge is -1.90. The van der Waals surface area contributed by atoms with E-state index < -0.39 is 0 Å². The van der Waals surface area contributed by atoms with Gasteiger partial charge in [0.2, 0.25) is 0 Å². The van der Waals surface area contributed by atoms with Gasteiger partial charge in [-0.05, 0) is 24.9 Å². The van der Waals surface area contributed by atoms with Crippen LogP contribution >= 0.6 is 35.0 Å². The van der Waals surface area contributed by atoms with Crippen LogP contribution in [0.25, 0.3) is 0 Å². The van der Waals surface area contributed by atoms with Crippen molar-refractivity contribution >= 4 is 35.0 Å². The molecule has 0 aliphatic heterocycles. The zero-order valence-electron chi connectivity index (χ0n) is 5.36. The van der Waals surface area contributed by atoms with Gasteiger partial charge in [0.25, 0.3) is 0 Å². The van der Waals surface area contributed by atoms with E-state index >= 15 is 0 Å². The van der Waals surface area contributed by atoms with Gasteiger partial charge < -0.3 is 0 Å². The normalized spacial score (nSPS) is 9.22. The van der Waals surface area contributed by atoms with Crippen molar-refractivity contribution in [3.63, 3.8) is 0 Å². The molecule has 54 valence electrons. The van der Waals surface area contributed by atoms with Gasteiger partial charge in [-0.3, -0.25) is 0 Å². The molecule has 9 heavy (non-hydrogen) atoms. The Balaban J connectivity index is 3.00. The third-order valence-electron chi connectivity index (χ3n) is 0.851. The molecular weight excluding hydrogens is 175 g/mol. The van der Waals surface area contributed by atoms with Crippen LogP contribution in [0.5, 0.6) is 0 Å². The van der Waals surface area contributed by atoms with Crippen LogP contribution < -0.4 is 0 Å². The summed E-state index contributed by atoms with van der Waals surface area (Å²) in [5, 5.41) is 0. The summed E-state index contributed by atoms with van der Waals surface area (Å²) in [6, 6.07) is 0. The van der Waals surface area contributed by atoms with Crippen molar-refractivity contribution in [1.82, 2.24) is 0 Å². The molecule has 3 heteroatoms. The highest BCUT2D eigenvalue weighted by atomic mass is 35.5. The lowest BCUT2D eigenvalue weighted by molar-refractivity contribution is 0.973. The largest absolute Gasteiger partial charge is 0.165 e. The molecule has 0 nitrogen and oxygen atoms in total. The molecule has 0 spiro atoms. The number of allylic oxidation sites excluding steroid dienone is 1. The van der Waals surface area contributed by atoms with Crippen LogP contribution in [0.2, 0.25) is 0 Å². The second kappa shape index (κ2) is 6.79. The van der Waals surface area contributed by atoms with E-state index in [9.17, 15) is 0 Å². The van der Waals surface area contributed by atoms with Crippen molar-refractivity contribution in [2.75, 3.05) is 12.0 Å². The summed E-state index contributed by atoms with van der Waals surface area (Å²) in [6.45, 7) is 0. The molecule has 0 unspecified atom stereocenters. The molecule has 0 aromatic rings. The van der Waals surface area contributed by atoms with Gasteiger partial charge in [0.15, 0.2) is 0 Å². The minimum Gasteiger partial charge on any atom is -0.165 e. The topological polar surface area (TPSA) is 0 Å². The first kappa shape index (κ1) is 9.67. The summed E-state index contributed by atoms with van der Waals surface area (Å²) in [5.74, 6) is 1.18. The molecule has 0 amide bonds. The average Bonchev–Trinajstić information content (AvgIpc) is 1.80. The first-order valence-electron chi connectivity index (χ1n) is 2.77. The Kier molecular flexibility index (Phi) is 7.29. The van der Waals surface area contributed by atoms with Crippen LogP contribution in [-0.4, -0.2) is 12.0 Å². The van der Waals surface area contributed by atoms with Gasteiger partial charge in [-0.15, -0.1) is 0 Å². The number of rotatable bonds is 4. The highest BCUT2D eigenvalue weighted by Gasteiger charge is 1.84. The van der Waals surface area contributed by atoms with E-state index in [0.717, 1.165) is 12.8 Å². The van der Waals surface area contributed by atoms with Gasteiger partial charge in [0, 0.05) is 0 Å². The molecule has 0 bridgehead atoms. The molecule has 0 aliphatic carbocycles. The zero-order valence-corrected chi connectivity index (χ0v) is 7.69. The molecule has 0 saturated carbocycles. The fourth-order valence-corrected chi connectivity index (χ4v) is 1.11. The molecule has 0 N–H and O–H groups in total. The van der Waals surface area contributed by atoms with Crippen LogP contribution in [-0.2, 0) is 0 Å². The Labute approximate surface area is 70.6 Å². The lowest BCUT2D eigenvalue weighted by atomic mass is 10.3. The average molecular weight is 185 g/mol. The first-order chi connectivity index (χ1) is 4.27. The van der Waals surface area contributed by atoms with E-state index in [1.165, 1.54) is 5.75 Å². The summed E-state index contributed by atoms with van der Waals surface area (Å²) in [6.07, 6.45) is 6.07. The van der Waals surface area contributed by atoms with Crippen molar-refractivity contribution in [2.24, 2.45) is 0 Å². The fourth-order valence-electron chi connectivity index (χ4n) is 0.439. The van der Waals surface area contributed by atoms with E-state index in [4.69, 9.17) is 23.2 Å². The second-order valence-corrected chi connectivity index (χ2v) is 3.62. The summed E-state index contributed by atoms with van der Waals surface area (Å²) >= 11 is 12.6. The smallest absolute Gasteiger partial charge is 0.102 e. The third-order valence-corrected chi connectivity index (χ3v) is 1.86. The minimum atomic E-state index is 0.385. The van der Waals surface area contributed by atoms with Crippen LogP contribution in [0.3, 0.4) is 0 Å². The summed E-state index contributed by atoms with van der Waals surface area (Å²) in [4.78, 5) is 0. The van der Waals surface area contributed by atoms with E-state index in [2.05, 4.69) is 6.26 Å². The quantitative estimate of drug-likeness (QED) is 0.604. The van der Waals surface area contributed by atoms with Crippen molar-refractivity contribution in [3.05, 3.63) is 10.6 Å². The van der Waals surface area contributed by atoms with Gasteiger partial charge in [-0.25, -0.2) is 0 Å². The molecule has 0 aliphatic rings. The SMILES string of the molecule is CSCCCC=C(Cl)Cl. The summed E-state index contributed by atoms with van der Waals surface area (Å²) < 4.78 is 0.385. The fraction of sp³-hybridized carbons (Fsp3) is 0.667. The lowest BCUT2D eigenvalue weighted by Crippen LogP contribution is -1.74. The Hall–Kier alpha value is 0.670. The predicted molar refractivity (Wildman–Crippen MR) is 47.4 cm³/mol. The van der Waals surface area contributed by atoms with E-state index in [1.54, 1.807) is 0 Å². The molecule has 0 heterocycles. The predicted octanol–water partition coefficient (Wildman–Crippen LogP) is 3.45. The third kappa shape index (κ3) is 8.67. The minimum absolute atomic E-state index is 0.385. The number of hydrogen-bond donors (Lipinski definition) is 0. The van der Waals surface area contributed by atoms with Gasteiger partial charge in [0.1, 0.15) is 4.49 Å². The van der Waals surface area contributed by atoms with Gasteiger partial charge in [0.05, 0.1) is 0 Å². The summed E-state index contributed by atoms with van der Waals surface area (Å²) in [7, 11) is 0. The van der Waals surface area contributed by atoms with Gasteiger partial charge >= 0.3 is 0 Å². The van der Waals surface area contributed by atoms with Crippen LogP contribution in [0.1, 0.15) is 12.8 Å². The zero-order chi connectivity index (χ0) is 7.11. The molecule has 0 aromatic heterocycles. The Bertz CT molecular complexity index is 87.1. The van der Waals surface area contributed by atoms with Gasteiger partial charge in [-0.2, -0.15) is 11.8 Å². The van der Waals surface area contributed by atoms with Crippen molar-refractivity contribution in [3.8, 4) is 0 Å². The highest BCUT2D eigenvalue weighted by Crippen LogP contribution is 2.09. The molecule has 0 fully saturated rings. The molecule has 0 atom stereocenters. The standard InChI is InChI=1S/C6H10Cl2S/c1-9-5-3-2-4-6(7)8/h4H,2-3,5H2,1H3. The maximum Gasteiger partial charge on any atom is 0.102 e. The summed E-state index contributed by atoms with van der Waals surface area (Å²) in [5.41, 5.74) is 0. The monoisotopic (exact) mass is 184 g/mol. The molecule has 0 aromatic carbocycles.